The normalized spacial score (nSPS) is 10.7. The molecule has 0 atom stereocenters. The molecule has 2 N–H and O–H groups in total. The summed E-state index contributed by atoms with van der Waals surface area (Å²) < 4.78 is 33.4. The predicted molar refractivity (Wildman–Crippen MR) is 121 cm³/mol. The van der Waals surface area contributed by atoms with Gasteiger partial charge in [0.25, 0.3) is 5.91 Å². The van der Waals surface area contributed by atoms with Crippen LogP contribution in [0.4, 0.5) is 19.3 Å². The maximum absolute atomic E-state index is 13.7. The molecule has 1 aromatic heterocycles. The van der Waals surface area contributed by atoms with Crippen LogP contribution in [0.2, 0.25) is 5.02 Å². The number of carbonyl (C=O) groups is 2. The number of aryl methyl sites for hydroxylation is 1. The number of rotatable bonds is 4. The molecule has 4 aromatic rings. The average molecular weight is 468 g/mol. The summed E-state index contributed by atoms with van der Waals surface area (Å²) in [7, 11) is 0. The van der Waals surface area contributed by atoms with Crippen molar-refractivity contribution in [3.8, 4) is 11.6 Å². The summed E-state index contributed by atoms with van der Waals surface area (Å²) in [6.45, 7) is 1.73. The van der Waals surface area contributed by atoms with Crippen molar-refractivity contribution in [2.24, 2.45) is 0 Å². The summed E-state index contributed by atoms with van der Waals surface area (Å²) in [5.41, 5.74) is -0.000629. The fourth-order valence-corrected chi connectivity index (χ4v) is 3.44. The second-order valence-electron chi connectivity index (χ2n) is 7.04. The van der Waals surface area contributed by atoms with Gasteiger partial charge in [-0.3, -0.25) is 10.1 Å². The third-order valence-corrected chi connectivity index (χ3v) is 5.07. The molecule has 0 aliphatic carbocycles. The van der Waals surface area contributed by atoms with E-state index < -0.39 is 29.1 Å². The van der Waals surface area contributed by atoms with Crippen molar-refractivity contribution in [1.82, 2.24) is 10.3 Å². The van der Waals surface area contributed by atoms with Gasteiger partial charge < -0.3 is 10.1 Å². The van der Waals surface area contributed by atoms with Crippen LogP contribution in [0, 0.1) is 18.6 Å². The first-order valence-electron chi connectivity index (χ1n) is 9.71. The van der Waals surface area contributed by atoms with Gasteiger partial charge in [0.15, 0.2) is 0 Å². The Hall–Kier alpha value is -4.04. The number of urea groups is 1. The zero-order valence-corrected chi connectivity index (χ0v) is 17.9. The molecule has 3 amide bonds. The average Bonchev–Trinajstić information content (AvgIpc) is 2.77. The van der Waals surface area contributed by atoms with Gasteiger partial charge in [0, 0.05) is 21.4 Å². The zero-order chi connectivity index (χ0) is 23.5. The number of halogens is 3. The number of amides is 3. The Morgan fingerprint density at radius 1 is 0.970 bits per heavy atom. The number of hydrogen-bond donors (Lipinski definition) is 2. The lowest BCUT2D eigenvalue weighted by Crippen LogP contribution is -2.35. The van der Waals surface area contributed by atoms with Crippen molar-refractivity contribution in [3.05, 3.63) is 94.6 Å². The van der Waals surface area contributed by atoms with Gasteiger partial charge in [-0.05, 0) is 37.3 Å². The SMILES string of the molecule is Cc1cc(NC(=O)NC(=O)c2c(F)cccc2F)cnc1Oc1ccc(Cl)c2ccccc12. The summed E-state index contributed by atoms with van der Waals surface area (Å²) in [4.78, 5) is 28.4. The van der Waals surface area contributed by atoms with Crippen LogP contribution < -0.4 is 15.4 Å². The molecule has 4 rings (SSSR count). The number of nitrogens with one attached hydrogen (secondary N) is 2. The second kappa shape index (κ2) is 9.22. The van der Waals surface area contributed by atoms with Gasteiger partial charge in [0.1, 0.15) is 22.9 Å². The van der Waals surface area contributed by atoms with Crippen LogP contribution in [0.5, 0.6) is 11.6 Å². The predicted octanol–water partition coefficient (Wildman–Crippen LogP) is 6.23. The zero-order valence-electron chi connectivity index (χ0n) is 17.2. The maximum Gasteiger partial charge on any atom is 0.326 e. The number of benzene rings is 3. The minimum Gasteiger partial charge on any atom is -0.438 e. The molecular formula is C24H16ClF2N3O3. The molecule has 166 valence electrons. The Morgan fingerprint density at radius 3 is 2.36 bits per heavy atom. The molecule has 0 bridgehead atoms. The lowest BCUT2D eigenvalue weighted by molar-refractivity contribution is 0.0959. The number of ether oxygens (including phenoxy) is 1. The lowest BCUT2D eigenvalue weighted by Gasteiger charge is -2.12. The highest BCUT2D eigenvalue weighted by Gasteiger charge is 2.19. The van der Waals surface area contributed by atoms with E-state index in [1.807, 2.05) is 29.6 Å². The van der Waals surface area contributed by atoms with Crippen molar-refractivity contribution in [2.75, 3.05) is 5.32 Å². The highest BCUT2D eigenvalue weighted by atomic mass is 35.5. The molecule has 0 saturated heterocycles. The number of anilines is 1. The lowest BCUT2D eigenvalue weighted by atomic mass is 10.1. The van der Waals surface area contributed by atoms with Gasteiger partial charge in [-0.2, -0.15) is 0 Å². The van der Waals surface area contributed by atoms with E-state index in [4.69, 9.17) is 16.3 Å². The highest BCUT2D eigenvalue weighted by Crippen LogP contribution is 2.34. The van der Waals surface area contributed by atoms with E-state index in [0.717, 1.165) is 29.0 Å². The largest absolute Gasteiger partial charge is 0.438 e. The maximum atomic E-state index is 13.7. The molecule has 0 saturated carbocycles. The molecule has 6 nitrogen and oxygen atoms in total. The molecular weight excluding hydrogens is 452 g/mol. The van der Waals surface area contributed by atoms with Crippen LogP contribution in [-0.2, 0) is 0 Å². The minimum atomic E-state index is -1.21. The first-order chi connectivity index (χ1) is 15.8. The molecule has 0 unspecified atom stereocenters. The number of fused-ring (bicyclic) bond motifs is 1. The third kappa shape index (κ3) is 4.75. The van der Waals surface area contributed by atoms with Gasteiger partial charge in [-0.1, -0.05) is 41.9 Å². The summed E-state index contributed by atoms with van der Waals surface area (Å²) in [5, 5.41) is 6.53. The van der Waals surface area contributed by atoms with Crippen molar-refractivity contribution >= 4 is 40.0 Å². The smallest absolute Gasteiger partial charge is 0.326 e. The van der Waals surface area contributed by atoms with E-state index in [2.05, 4.69) is 10.3 Å². The van der Waals surface area contributed by atoms with E-state index >= 15 is 0 Å². The third-order valence-electron chi connectivity index (χ3n) is 4.74. The van der Waals surface area contributed by atoms with Gasteiger partial charge in [0.05, 0.1) is 11.9 Å². The number of nitrogens with zero attached hydrogens (tertiary/aromatic N) is 1. The van der Waals surface area contributed by atoms with Crippen molar-refractivity contribution in [2.45, 2.75) is 6.92 Å². The fourth-order valence-electron chi connectivity index (χ4n) is 3.21. The van der Waals surface area contributed by atoms with Crippen molar-refractivity contribution in [3.63, 3.8) is 0 Å². The quantitative estimate of drug-likeness (QED) is 0.373. The summed E-state index contributed by atoms with van der Waals surface area (Å²) in [6.07, 6.45) is 1.33. The number of aromatic nitrogens is 1. The van der Waals surface area contributed by atoms with E-state index in [9.17, 15) is 18.4 Å². The Bertz CT molecular complexity index is 1370. The van der Waals surface area contributed by atoms with Crippen molar-refractivity contribution in [1.29, 1.82) is 0 Å². The minimum absolute atomic E-state index is 0.250. The Kier molecular flexibility index (Phi) is 6.19. The Balaban J connectivity index is 1.48. The van der Waals surface area contributed by atoms with Gasteiger partial charge in [-0.15, -0.1) is 0 Å². The van der Waals surface area contributed by atoms with Gasteiger partial charge in [-0.25, -0.2) is 18.6 Å². The van der Waals surface area contributed by atoms with E-state index in [1.165, 1.54) is 6.20 Å². The number of carbonyl (C=O) groups excluding carboxylic acids is 2. The molecule has 0 radical (unpaired) electrons. The van der Waals surface area contributed by atoms with Crippen molar-refractivity contribution < 1.29 is 23.1 Å². The molecule has 0 spiro atoms. The Labute approximate surface area is 192 Å². The summed E-state index contributed by atoms with van der Waals surface area (Å²) in [5.74, 6) is -2.50. The monoisotopic (exact) mass is 467 g/mol. The Morgan fingerprint density at radius 2 is 1.67 bits per heavy atom. The van der Waals surface area contributed by atoms with Gasteiger partial charge in [0.2, 0.25) is 5.88 Å². The summed E-state index contributed by atoms with van der Waals surface area (Å²) in [6, 6.07) is 14.5. The van der Waals surface area contributed by atoms with Crippen LogP contribution in [0.25, 0.3) is 10.8 Å². The molecule has 1 heterocycles. The van der Waals surface area contributed by atoms with Crippen LogP contribution in [0.3, 0.4) is 0 Å². The van der Waals surface area contributed by atoms with Crippen LogP contribution in [-0.4, -0.2) is 16.9 Å². The molecule has 0 aliphatic heterocycles. The first-order valence-corrected chi connectivity index (χ1v) is 10.1. The topological polar surface area (TPSA) is 80.3 Å². The fraction of sp³-hybridized carbons (Fsp3) is 0.0417. The molecule has 3 aromatic carbocycles. The second-order valence-corrected chi connectivity index (χ2v) is 7.45. The number of imide groups is 1. The first kappa shape index (κ1) is 22.2. The standard InChI is InChI=1S/C24H16ClF2N3O3/c1-13-11-14(29-24(32)30-22(31)21-18(26)7-4-8-19(21)27)12-28-23(13)33-20-10-9-17(25)15-5-2-3-6-16(15)20/h2-12H,1H3,(H2,29,30,31,32). The highest BCUT2D eigenvalue weighted by molar-refractivity contribution is 6.35. The van der Waals surface area contributed by atoms with E-state index in [1.54, 1.807) is 25.1 Å². The van der Waals surface area contributed by atoms with E-state index in [-0.39, 0.29) is 5.69 Å². The van der Waals surface area contributed by atoms with Gasteiger partial charge >= 0.3 is 6.03 Å². The summed E-state index contributed by atoms with van der Waals surface area (Å²) >= 11 is 6.24. The van der Waals surface area contributed by atoms with E-state index in [0.29, 0.717) is 22.2 Å². The van der Waals surface area contributed by atoms with Crippen LogP contribution >= 0.6 is 11.6 Å². The molecule has 0 fully saturated rings. The van der Waals surface area contributed by atoms with Crippen LogP contribution in [0.1, 0.15) is 15.9 Å². The molecule has 9 heteroatoms. The van der Waals surface area contributed by atoms with Crippen LogP contribution in [0.15, 0.2) is 66.9 Å². The molecule has 0 aliphatic rings. The number of hydrogen-bond acceptors (Lipinski definition) is 4. The number of pyridine rings is 1. The molecule has 33 heavy (non-hydrogen) atoms.